The maximum absolute atomic E-state index is 13.9. The van der Waals surface area contributed by atoms with E-state index in [1.165, 1.54) is 0 Å². The molecular formula is C26H23NO5S. The lowest BCUT2D eigenvalue weighted by atomic mass is 9.83. The Morgan fingerprint density at radius 2 is 1.42 bits per heavy atom. The van der Waals surface area contributed by atoms with E-state index in [0.29, 0.717) is 19.4 Å². The van der Waals surface area contributed by atoms with Crippen molar-refractivity contribution in [3.8, 4) is 11.5 Å². The van der Waals surface area contributed by atoms with Crippen LogP contribution in [0, 0.1) is 0 Å². The minimum Gasteiger partial charge on any atom is -0.508 e. The van der Waals surface area contributed by atoms with E-state index >= 15 is 0 Å². The van der Waals surface area contributed by atoms with Crippen LogP contribution >= 0.6 is 0 Å². The van der Waals surface area contributed by atoms with Gasteiger partial charge in [0.1, 0.15) is 22.9 Å². The van der Waals surface area contributed by atoms with Crippen LogP contribution < -0.4 is 4.31 Å². The number of rotatable bonds is 4. The summed E-state index contributed by atoms with van der Waals surface area (Å²) in [6.45, 7) is 0.443. The number of ether oxygens (including phenoxy) is 1. The summed E-state index contributed by atoms with van der Waals surface area (Å²) in [7, 11) is -3.66. The van der Waals surface area contributed by atoms with Gasteiger partial charge in [0.05, 0.1) is 11.8 Å². The minimum absolute atomic E-state index is 0.146. The average molecular weight is 462 g/mol. The monoisotopic (exact) mass is 461 g/mol. The van der Waals surface area contributed by atoms with Crippen molar-refractivity contribution in [3.63, 3.8) is 0 Å². The molecule has 0 spiro atoms. The largest absolute Gasteiger partial charge is 0.508 e. The number of phenolic OH excluding ortho intramolecular Hbond substituents is 2. The van der Waals surface area contributed by atoms with Crippen LogP contribution in [0.3, 0.4) is 0 Å². The number of sulfonamides is 1. The molecule has 0 unspecified atom stereocenters. The fourth-order valence-corrected chi connectivity index (χ4v) is 7.43. The molecule has 1 saturated heterocycles. The number of aromatic hydroxyl groups is 2. The van der Waals surface area contributed by atoms with E-state index in [9.17, 15) is 18.6 Å². The van der Waals surface area contributed by atoms with Gasteiger partial charge in [-0.05, 0) is 71.0 Å². The van der Waals surface area contributed by atoms with Gasteiger partial charge in [-0.15, -0.1) is 0 Å². The van der Waals surface area contributed by atoms with Crippen molar-refractivity contribution in [2.45, 2.75) is 30.3 Å². The standard InChI is InChI=1S/C26H23NO5S/c28-19-9-5-17(6-10-19)24-22-15-23(26(32-22)25(24)18-7-11-20(29)12-8-18)33(30,31)27-14-13-16-3-1-2-4-21(16)27/h1-12,22-23,26,28-29H,13-15H2/t22-,23+,26+/m1/s1. The maximum Gasteiger partial charge on any atom is 0.241 e. The first-order valence-electron chi connectivity index (χ1n) is 11.0. The molecule has 2 bridgehead atoms. The zero-order valence-corrected chi connectivity index (χ0v) is 18.6. The SMILES string of the molecule is O=S(=O)([C@H]1C[C@H]2O[C@@H]1C(c1ccc(O)cc1)=C2c1ccc(O)cc1)N1CCc2ccccc21. The van der Waals surface area contributed by atoms with E-state index < -0.39 is 21.4 Å². The second kappa shape index (κ2) is 7.37. The number of nitrogens with zero attached hydrogens (tertiary/aromatic N) is 1. The lowest BCUT2D eigenvalue weighted by Crippen LogP contribution is -2.43. The van der Waals surface area contributed by atoms with Crippen LogP contribution in [-0.4, -0.2) is 42.6 Å². The van der Waals surface area contributed by atoms with Gasteiger partial charge in [-0.1, -0.05) is 42.5 Å². The molecule has 168 valence electrons. The van der Waals surface area contributed by atoms with Crippen molar-refractivity contribution >= 4 is 26.9 Å². The van der Waals surface area contributed by atoms with Crippen molar-refractivity contribution < 1.29 is 23.4 Å². The number of hydrogen-bond acceptors (Lipinski definition) is 5. The highest BCUT2D eigenvalue weighted by Crippen LogP contribution is 2.51. The van der Waals surface area contributed by atoms with Gasteiger partial charge in [0, 0.05) is 6.54 Å². The number of fused-ring (bicyclic) bond motifs is 3. The van der Waals surface area contributed by atoms with E-state index in [4.69, 9.17) is 4.74 Å². The third kappa shape index (κ3) is 3.14. The van der Waals surface area contributed by atoms with E-state index in [1.54, 1.807) is 40.7 Å². The molecule has 2 N–H and O–H groups in total. The minimum atomic E-state index is -3.66. The van der Waals surface area contributed by atoms with Gasteiger partial charge in [0.25, 0.3) is 0 Å². The number of phenols is 2. The molecule has 3 aromatic rings. The normalized spacial score (nSPS) is 23.9. The van der Waals surface area contributed by atoms with E-state index in [-0.39, 0.29) is 17.6 Å². The van der Waals surface area contributed by atoms with Crippen LogP contribution in [-0.2, 0) is 21.2 Å². The van der Waals surface area contributed by atoms with Crippen molar-refractivity contribution in [3.05, 3.63) is 89.5 Å². The Balaban J connectivity index is 1.45. The highest BCUT2D eigenvalue weighted by Gasteiger charge is 2.54. The second-order valence-electron chi connectivity index (χ2n) is 8.74. The molecule has 6 nitrogen and oxygen atoms in total. The smallest absolute Gasteiger partial charge is 0.241 e. The van der Waals surface area contributed by atoms with Crippen LogP contribution in [0.25, 0.3) is 11.1 Å². The van der Waals surface area contributed by atoms with E-state index in [0.717, 1.165) is 33.5 Å². The number of hydrogen-bond donors (Lipinski definition) is 2. The summed E-state index contributed by atoms with van der Waals surface area (Å²) in [5.74, 6) is 0.315. The van der Waals surface area contributed by atoms with Crippen LogP contribution in [0.1, 0.15) is 23.1 Å². The van der Waals surface area contributed by atoms with Gasteiger partial charge in [0.15, 0.2) is 0 Å². The molecule has 3 aromatic carbocycles. The van der Waals surface area contributed by atoms with Gasteiger partial charge < -0.3 is 14.9 Å². The third-order valence-electron chi connectivity index (χ3n) is 6.88. The number of para-hydroxylation sites is 1. The van der Waals surface area contributed by atoms with Crippen LogP contribution in [0.5, 0.6) is 11.5 Å². The molecule has 7 heteroatoms. The molecule has 6 rings (SSSR count). The molecule has 0 aromatic heterocycles. The molecule has 3 atom stereocenters. The first-order valence-corrected chi connectivity index (χ1v) is 12.5. The molecule has 1 fully saturated rings. The summed E-state index contributed by atoms with van der Waals surface area (Å²) in [6.07, 6.45) is 0.113. The van der Waals surface area contributed by atoms with Crippen LogP contribution in [0.2, 0.25) is 0 Å². The molecule has 0 radical (unpaired) electrons. The highest BCUT2D eigenvalue weighted by atomic mass is 32.2. The maximum atomic E-state index is 13.9. The summed E-state index contributed by atoms with van der Waals surface area (Å²) >= 11 is 0. The van der Waals surface area contributed by atoms with Crippen molar-refractivity contribution in [2.75, 3.05) is 10.8 Å². The second-order valence-corrected chi connectivity index (χ2v) is 10.8. The van der Waals surface area contributed by atoms with Gasteiger partial charge >= 0.3 is 0 Å². The lowest BCUT2D eigenvalue weighted by molar-refractivity contribution is 0.128. The van der Waals surface area contributed by atoms with Gasteiger partial charge in [0.2, 0.25) is 10.0 Å². The zero-order valence-electron chi connectivity index (χ0n) is 17.8. The van der Waals surface area contributed by atoms with Gasteiger partial charge in [-0.2, -0.15) is 0 Å². The van der Waals surface area contributed by atoms with Crippen molar-refractivity contribution in [1.29, 1.82) is 0 Å². The topological polar surface area (TPSA) is 87.1 Å². The summed E-state index contributed by atoms with van der Waals surface area (Å²) in [6, 6.07) is 21.3. The Morgan fingerprint density at radius 3 is 2.09 bits per heavy atom. The van der Waals surface area contributed by atoms with Crippen molar-refractivity contribution in [2.24, 2.45) is 0 Å². The highest BCUT2D eigenvalue weighted by molar-refractivity contribution is 7.93. The Labute approximate surface area is 192 Å². The molecule has 0 amide bonds. The predicted octanol–water partition coefficient (Wildman–Crippen LogP) is 3.94. The molecule has 3 aliphatic rings. The third-order valence-corrected chi connectivity index (χ3v) is 9.08. The van der Waals surface area contributed by atoms with Gasteiger partial charge in [-0.3, -0.25) is 4.31 Å². The van der Waals surface area contributed by atoms with Crippen molar-refractivity contribution in [1.82, 2.24) is 0 Å². The first-order chi connectivity index (χ1) is 15.9. The van der Waals surface area contributed by atoms with Crippen LogP contribution in [0.15, 0.2) is 72.8 Å². The fraction of sp³-hybridized carbons (Fsp3) is 0.231. The average Bonchev–Trinajstić information content (AvgIpc) is 3.53. The fourth-order valence-electron chi connectivity index (χ4n) is 5.38. The summed E-state index contributed by atoms with van der Waals surface area (Å²) in [4.78, 5) is 0. The Morgan fingerprint density at radius 1 is 0.818 bits per heavy atom. The summed E-state index contributed by atoms with van der Waals surface area (Å²) in [5.41, 5.74) is 5.30. The lowest BCUT2D eigenvalue weighted by Gasteiger charge is -2.29. The molecule has 0 aliphatic carbocycles. The van der Waals surface area contributed by atoms with Gasteiger partial charge in [-0.25, -0.2) is 8.42 Å². The van der Waals surface area contributed by atoms with E-state index in [1.807, 2.05) is 36.4 Å². The summed E-state index contributed by atoms with van der Waals surface area (Å²) in [5, 5.41) is 18.8. The quantitative estimate of drug-likeness (QED) is 0.615. The predicted molar refractivity (Wildman–Crippen MR) is 127 cm³/mol. The molecular weight excluding hydrogens is 438 g/mol. The Bertz CT molecular complexity index is 1360. The molecule has 0 saturated carbocycles. The molecule has 3 aliphatic heterocycles. The molecule has 3 heterocycles. The number of benzene rings is 3. The Hall–Kier alpha value is -3.29. The van der Waals surface area contributed by atoms with E-state index in [2.05, 4.69) is 0 Å². The Kier molecular flexibility index (Phi) is 4.54. The van der Waals surface area contributed by atoms with Crippen LogP contribution in [0.4, 0.5) is 5.69 Å². The zero-order chi connectivity index (χ0) is 22.7. The number of anilines is 1. The first kappa shape index (κ1) is 20.3. The molecule has 33 heavy (non-hydrogen) atoms. The summed E-state index contributed by atoms with van der Waals surface area (Å²) < 4.78 is 35.6.